The molecule has 0 fully saturated rings. The molecule has 0 saturated carbocycles. The highest BCUT2D eigenvalue weighted by Gasteiger charge is 2.09. The second-order valence-electron chi connectivity index (χ2n) is 5.17. The zero-order valence-electron chi connectivity index (χ0n) is 12.1. The molecule has 0 atom stereocenters. The fourth-order valence-electron chi connectivity index (χ4n) is 2.46. The first-order chi connectivity index (χ1) is 10.8. The summed E-state index contributed by atoms with van der Waals surface area (Å²) in [6, 6.07) is 16.8. The minimum absolute atomic E-state index is 0.671. The molecule has 2 aromatic carbocycles. The van der Waals surface area contributed by atoms with Crippen LogP contribution < -0.4 is 0 Å². The van der Waals surface area contributed by atoms with E-state index >= 15 is 0 Å². The molecule has 0 saturated heterocycles. The van der Waals surface area contributed by atoms with Crippen molar-refractivity contribution in [3.8, 4) is 11.1 Å². The van der Waals surface area contributed by atoms with Crippen LogP contribution in [0.1, 0.15) is 16.7 Å². The van der Waals surface area contributed by atoms with Crippen LogP contribution in [0.2, 0.25) is 0 Å². The van der Waals surface area contributed by atoms with E-state index in [1.807, 2.05) is 13.0 Å². The topological polar surface area (TPSA) is 54.5 Å². The Morgan fingerprint density at radius 2 is 1.86 bits per heavy atom. The van der Waals surface area contributed by atoms with Crippen LogP contribution in [0, 0.1) is 6.92 Å². The molecule has 0 aliphatic heterocycles. The van der Waals surface area contributed by atoms with Gasteiger partial charge in [0.15, 0.2) is 5.82 Å². The number of thiazole rings is 1. The van der Waals surface area contributed by atoms with Gasteiger partial charge in [-0.2, -0.15) is 5.10 Å². The number of aryl methyl sites for hydroxylation is 1. The summed E-state index contributed by atoms with van der Waals surface area (Å²) in [5.74, 6) is 1.63. The van der Waals surface area contributed by atoms with Crippen molar-refractivity contribution in [3.63, 3.8) is 0 Å². The van der Waals surface area contributed by atoms with Crippen LogP contribution in [0.3, 0.4) is 0 Å². The zero-order valence-corrected chi connectivity index (χ0v) is 12.9. The molecule has 0 spiro atoms. The molecular weight excluding hydrogens is 292 g/mol. The van der Waals surface area contributed by atoms with Crippen molar-refractivity contribution in [3.05, 3.63) is 65.2 Å². The molecule has 1 N–H and O–H groups in total. The van der Waals surface area contributed by atoms with Gasteiger partial charge in [0.1, 0.15) is 10.8 Å². The van der Waals surface area contributed by atoms with Gasteiger partial charge in [0.05, 0.1) is 16.6 Å². The van der Waals surface area contributed by atoms with E-state index in [9.17, 15) is 0 Å². The SMILES string of the molecule is Cc1nc(Cc2nc3ccc(-c4ccccc4)cc3s2)n[nH]1. The average Bonchev–Trinajstić information content (AvgIpc) is 3.13. The van der Waals surface area contributed by atoms with Crippen molar-refractivity contribution in [1.29, 1.82) is 0 Å². The molecule has 0 unspecified atom stereocenters. The third-order valence-electron chi connectivity index (χ3n) is 3.49. The highest BCUT2D eigenvalue weighted by atomic mass is 32.1. The monoisotopic (exact) mass is 306 g/mol. The summed E-state index contributed by atoms with van der Waals surface area (Å²) in [7, 11) is 0. The molecule has 4 rings (SSSR count). The number of fused-ring (bicyclic) bond motifs is 1. The second-order valence-corrected chi connectivity index (χ2v) is 6.29. The first kappa shape index (κ1) is 13.2. The van der Waals surface area contributed by atoms with Gasteiger partial charge in [-0.25, -0.2) is 9.97 Å². The number of aromatic nitrogens is 4. The van der Waals surface area contributed by atoms with Gasteiger partial charge in [-0.1, -0.05) is 36.4 Å². The molecule has 0 radical (unpaired) electrons. The minimum Gasteiger partial charge on any atom is -0.263 e. The smallest absolute Gasteiger partial charge is 0.157 e. The van der Waals surface area contributed by atoms with Crippen LogP contribution >= 0.6 is 11.3 Å². The fraction of sp³-hybridized carbons (Fsp3) is 0.118. The van der Waals surface area contributed by atoms with Crippen LogP contribution in [0.4, 0.5) is 0 Å². The van der Waals surface area contributed by atoms with E-state index in [1.165, 1.54) is 15.8 Å². The number of rotatable bonds is 3. The first-order valence-electron chi connectivity index (χ1n) is 7.11. The highest BCUT2D eigenvalue weighted by molar-refractivity contribution is 7.18. The maximum absolute atomic E-state index is 4.68. The minimum atomic E-state index is 0.671. The van der Waals surface area contributed by atoms with Crippen molar-refractivity contribution in [2.75, 3.05) is 0 Å². The van der Waals surface area contributed by atoms with Crippen molar-refractivity contribution in [1.82, 2.24) is 20.2 Å². The number of nitrogens with one attached hydrogen (secondary N) is 1. The number of nitrogens with zero attached hydrogens (tertiary/aromatic N) is 3. The van der Waals surface area contributed by atoms with Gasteiger partial charge in [0, 0.05) is 0 Å². The van der Waals surface area contributed by atoms with Crippen LogP contribution in [0.25, 0.3) is 21.3 Å². The van der Waals surface area contributed by atoms with Gasteiger partial charge >= 0.3 is 0 Å². The van der Waals surface area contributed by atoms with Crippen LogP contribution in [-0.4, -0.2) is 20.2 Å². The van der Waals surface area contributed by atoms with E-state index in [-0.39, 0.29) is 0 Å². The number of H-pyrrole nitrogens is 1. The normalized spacial score (nSPS) is 11.1. The summed E-state index contributed by atoms with van der Waals surface area (Å²) in [6.45, 7) is 1.90. The third kappa shape index (κ3) is 2.51. The molecule has 2 heterocycles. The van der Waals surface area contributed by atoms with E-state index in [0.29, 0.717) is 6.42 Å². The van der Waals surface area contributed by atoms with E-state index in [4.69, 9.17) is 0 Å². The maximum Gasteiger partial charge on any atom is 0.157 e. The lowest BCUT2D eigenvalue weighted by Crippen LogP contribution is -1.89. The average molecular weight is 306 g/mol. The molecule has 4 nitrogen and oxygen atoms in total. The lowest BCUT2D eigenvalue weighted by atomic mass is 10.1. The molecule has 0 bridgehead atoms. The Morgan fingerprint density at radius 3 is 2.64 bits per heavy atom. The summed E-state index contributed by atoms with van der Waals surface area (Å²) in [4.78, 5) is 9.02. The predicted octanol–water partition coefficient (Wildman–Crippen LogP) is 3.98. The van der Waals surface area contributed by atoms with Crippen molar-refractivity contribution < 1.29 is 0 Å². The molecule has 0 amide bonds. The van der Waals surface area contributed by atoms with Gasteiger partial charge in [-0.05, 0) is 30.2 Å². The lowest BCUT2D eigenvalue weighted by Gasteiger charge is -2.00. The van der Waals surface area contributed by atoms with Gasteiger partial charge in [-0.3, -0.25) is 5.10 Å². The number of benzene rings is 2. The van der Waals surface area contributed by atoms with Gasteiger partial charge < -0.3 is 0 Å². The van der Waals surface area contributed by atoms with E-state index in [2.05, 4.69) is 62.6 Å². The Morgan fingerprint density at radius 1 is 1.00 bits per heavy atom. The summed E-state index contributed by atoms with van der Waals surface area (Å²) in [6.07, 6.45) is 0.671. The van der Waals surface area contributed by atoms with Crippen LogP contribution in [-0.2, 0) is 6.42 Å². The second kappa shape index (κ2) is 5.35. The summed E-state index contributed by atoms with van der Waals surface area (Å²) in [5, 5.41) is 8.09. The molecule has 108 valence electrons. The first-order valence-corrected chi connectivity index (χ1v) is 7.92. The van der Waals surface area contributed by atoms with Crippen molar-refractivity contribution in [2.24, 2.45) is 0 Å². The molecule has 0 aliphatic carbocycles. The van der Waals surface area contributed by atoms with Crippen LogP contribution in [0.5, 0.6) is 0 Å². The van der Waals surface area contributed by atoms with Crippen LogP contribution in [0.15, 0.2) is 48.5 Å². The summed E-state index contributed by atoms with van der Waals surface area (Å²) in [5.41, 5.74) is 3.48. The predicted molar refractivity (Wildman–Crippen MR) is 89.0 cm³/mol. The Labute approximate surface area is 131 Å². The van der Waals surface area contributed by atoms with Gasteiger partial charge in [-0.15, -0.1) is 11.3 Å². The summed E-state index contributed by atoms with van der Waals surface area (Å²) >= 11 is 1.71. The molecule has 22 heavy (non-hydrogen) atoms. The largest absolute Gasteiger partial charge is 0.263 e. The molecular formula is C17H14N4S. The highest BCUT2D eigenvalue weighted by Crippen LogP contribution is 2.28. The lowest BCUT2D eigenvalue weighted by molar-refractivity contribution is 0.963. The van der Waals surface area contributed by atoms with Gasteiger partial charge in [0.2, 0.25) is 0 Å². The number of aromatic amines is 1. The van der Waals surface area contributed by atoms with E-state index in [1.54, 1.807) is 11.3 Å². The Balaban J connectivity index is 1.69. The van der Waals surface area contributed by atoms with Crippen molar-refractivity contribution >= 4 is 21.6 Å². The third-order valence-corrected chi connectivity index (χ3v) is 4.51. The Kier molecular flexibility index (Phi) is 3.20. The zero-order chi connectivity index (χ0) is 14.9. The fourth-order valence-corrected chi connectivity index (χ4v) is 3.46. The standard InChI is InChI=1S/C17H14N4S/c1-11-18-16(21-20-11)10-17-19-14-8-7-13(9-15(14)22-17)12-5-3-2-4-6-12/h2-9H,10H2,1H3,(H,18,20,21). The van der Waals surface area contributed by atoms with Crippen molar-refractivity contribution in [2.45, 2.75) is 13.3 Å². The molecule has 4 aromatic rings. The maximum atomic E-state index is 4.68. The quantitative estimate of drug-likeness (QED) is 0.623. The van der Waals surface area contributed by atoms with E-state index in [0.717, 1.165) is 22.2 Å². The number of hydrogen-bond acceptors (Lipinski definition) is 4. The number of hydrogen-bond donors (Lipinski definition) is 1. The Hall–Kier alpha value is -2.53. The molecule has 2 aromatic heterocycles. The Bertz CT molecular complexity index is 924. The molecule has 0 aliphatic rings. The molecule has 5 heteroatoms. The van der Waals surface area contributed by atoms with Gasteiger partial charge in [0.25, 0.3) is 0 Å². The summed E-state index contributed by atoms with van der Waals surface area (Å²) < 4.78 is 1.20. The van der Waals surface area contributed by atoms with E-state index < -0.39 is 0 Å².